The van der Waals surface area contributed by atoms with Crippen molar-refractivity contribution in [1.82, 2.24) is 5.32 Å². The summed E-state index contributed by atoms with van der Waals surface area (Å²) in [6.45, 7) is 9.18. The van der Waals surface area contributed by atoms with Gasteiger partial charge >= 0.3 is 12.1 Å². The third-order valence-electron chi connectivity index (χ3n) is 5.53. The van der Waals surface area contributed by atoms with Gasteiger partial charge in [0.1, 0.15) is 5.60 Å². The van der Waals surface area contributed by atoms with E-state index in [9.17, 15) is 14.7 Å². The first-order valence-corrected chi connectivity index (χ1v) is 11.1. The van der Waals surface area contributed by atoms with Gasteiger partial charge in [0.25, 0.3) is 0 Å². The quantitative estimate of drug-likeness (QED) is 0.593. The predicted octanol–water partition coefficient (Wildman–Crippen LogP) is 5.42. The number of fused-ring (bicyclic) bond motifs is 1. The SMILES string of the molecule is Cc1c(C(=O)O)cc(Br)c2c1OC(C)(C[C@H]1CC[C@@H](NC(=O)OC(C)(C)C)CC1)O2. The monoisotopic (exact) mass is 483 g/mol. The molecule has 0 aromatic heterocycles. The number of alkyl carbamates (subject to hydrolysis) is 1. The molecule has 8 heteroatoms. The van der Waals surface area contributed by atoms with E-state index in [0.717, 1.165) is 25.7 Å². The molecule has 3 rings (SSSR count). The van der Waals surface area contributed by atoms with Crippen LogP contribution in [0.3, 0.4) is 0 Å². The molecule has 166 valence electrons. The molecule has 2 N–H and O–H groups in total. The van der Waals surface area contributed by atoms with Crippen LogP contribution >= 0.6 is 15.9 Å². The Balaban J connectivity index is 1.58. The van der Waals surface area contributed by atoms with Gasteiger partial charge in [0, 0.05) is 24.9 Å². The Hall–Kier alpha value is -1.96. The Morgan fingerprint density at radius 2 is 1.83 bits per heavy atom. The first kappa shape index (κ1) is 22.7. The fraction of sp³-hybridized carbons (Fsp3) is 0.636. The molecule has 1 aliphatic carbocycles. The molecule has 0 radical (unpaired) electrons. The lowest BCUT2D eigenvalue weighted by Crippen LogP contribution is -2.42. The Labute approximate surface area is 185 Å². The summed E-state index contributed by atoms with van der Waals surface area (Å²) in [5.74, 6) is -0.407. The van der Waals surface area contributed by atoms with Gasteiger partial charge in [0.15, 0.2) is 11.5 Å². The molecule has 1 unspecified atom stereocenters. The Kier molecular flexibility index (Phi) is 6.28. The first-order chi connectivity index (χ1) is 13.9. The van der Waals surface area contributed by atoms with Gasteiger partial charge in [0.05, 0.1) is 10.0 Å². The number of ether oxygens (including phenoxy) is 3. The van der Waals surface area contributed by atoms with Crippen molar-refractivity contribution in [3.63, 3.8) is 0 Å². The van der Waals surface area contributed by atoms with Crippen LogP contribution in [0.1, 0.15) is 75.7 Å². The number of carbonyl (C=O) groups excluding carboxylic acids is 1. The number of nitrogens with one attached hydrogen (secondary N) is 1. The van der Waals surface area contributed by atoms with E-state index in [1.807, 2.05) is 27.7 Å². The lowest BCUT2D eigenvalue weighted by Gasteiger charge is -2.33. The summed E-state index contributed by atoms with van der Waals surface area (Å²) in [5.41, 5.74) is 0.256. The van der Waals surface area contributed by atoms with Crippen LogP contribution in [0.5, 0.6) is 11.5 Å². The summed E-state index contributed by atoms with van der Waals surface area (Å²) >= 11 is 3.41. The van der Waals surface area contributed by atoms with Crippen molar-refractivity contribution in [2.24, 2.45) is 5.92 Å². The summed E-state index contributed by atoms with van der Waals surface area (Å²) < 4.78 is 18.2. The third-order valence-corrected chi connectivity index (χ3v) is 6.12. The molecule has 30 heavy (non-hydrogen) atoms. The Morgan fingerprint density at radius 1 is 1.23 bits per heavy atom. The van der Waals surface area contributed by atoms with Gasteiger partial charge in [0.2, 0.25) is 5.79 Å². The van der Waals surface area contributed by atoms with Gasteiger partial charge < -0.3 is 24.6 Å². The minimum atomic E-state index is -0.996. The van der Waals surface area contributed by atoms with Gasteiger partial charge in [-0.25, -0.2) is 9.59 Å². The number of halogens is 1. The van der Waals surface area contributed by atoms with Gasteiger partial charge in [-0.2, -0.15) is 0 Å². The maximum atomic E-state index is 12.0. The van der Waals surface area contributed by atoms with Gasteiger partial charge in [-0.15, -0.1) is 0 Å². The topological polar surface area (TPSA) is 94.1 Å². The van der Waals surface area contributed by atoms with Crippen LogP contribution in [0.4, 0.5) is 4.79 Å². The van der Waals surface area contributed by atoms with E-state index < -0.39 is 17.4 Å². The van der Waals surface area contributed by atoms with E-state index in [4.69, 9.17) is 14.2 Å². The van der Waals surface area contributed by atoms with Crippen LogP contribution < -0.4 is 14.8 Å². The van der Waals surface area contributed by atoms with Gasteiger partial charge in [-0.1, -0.05) is 0 Å². The number of aromatic carboxylic acids is 1. The highest BCUT2D eigenvalue weighted by Gasteiger charge is 2.42. The van der Waals surface area contributed by atoms with Crippen molar-refractivity contribution >= 4 is 28.0 Å². The number of benzene rings is 1. The lowest BCUT2D eigenvalue weighted by molar-refractivity contribution is -0.0836. The molecule has 1 aromatic carbocycles. The van der Waals surface area contributed by atoms with E-state index in [0.29, 0.717) is 33.9 Å². The molecule has 1 fully saturated rings. The van der Waals surface area contributed by atoms with Crippen LogP contribution in [0.15, 0.2) is 10.5 Å². The maximum Gasteiger partial charge on any atom is 0.407 e. The number of rotatable bonds is 4. The third kappa shape index (κ3) is 5.20. The summed E-state index contributed by atoms with van der Waals surface area (Å²) in [5, 5.41) is 12.4. The fourth-order valence-corrected chi connectivity index (χ4v) is 4.68. The zero-order chi connectivity index (χ0) is 22.3. The molecule has 1 aromatic rings. The number of carboxylic acids is 1. The molecule has 7 nitrogen and oxygen atoms in total. The highest BCUT2D eigenvalue weighted by atomic mass is 79.9. The van der Waals surface area contributed by atoms with Crippen LogP contribution in [0.25, 0.3) is 0 Å². The zero-order valence-electron chi connectivity index (χ0n) is 18.1. The average Bonchev–Trinajstić information content (AvgIpc) is 2.96. The van der Waals surface area contributed by atoms with Crippen molar-refractivity contribution in [2.75, 3.05) is 0 Å². The largest absolute Gasteiger partial charge is 0.478 e. The molecule has 1 aliphatic heterocycles. The van der Waals surface area contributed by atoms with Crippen molar-refractivity contribution < 1.29 is 28.9 Å². The molecule has 0 spiro atoms. The normalized spacial score (nSPS) is 25.7. The molecule has 0 saturated heterocycles. The second-order valence-corrected chi connectivity index (χ2v) is 10.3. The Morgan fingerprint density at radius 3 is 2.40 bits per heavy atom. The molecular weight excluding hydrogens is 454 g/mol. The number of hydrogen-bond acceptors (Lipinski definition) is 5. The average molecular weight is 484 g/mol. The van der Waals surface area contributed by atoms with Crippen LogP contribution in [0.2, 0.25) is 0 Å². The van der Waals surface area contributed by atoms with Gasteiger partial charge in [-0.05, 0) is 81.3 Å². The van der Waals surface area contributed by atoms with E-state index in [1.165, 1.54) is 0 Å². The first-order valence-electron chi connectivity index (χ1n) is 10.3. The zero-order valence-corrected chi connectivity index (χ0v) is 19.7. The minimum absolute atomic E-state index is 0.112. The van der Waals surface area contributed by atoms with Crippen LogP contribution in [-0.2, 0) is 4.74 Å². The van der Waals surface area contributed by atoms with E-state index >= 15 is 0 Å². The fourth-order valence-electron chi connectivity index (χ4n) is 4.19. The minimum Gasteiger partial charge on any atom is -0.478 e. The number of carbonyl (C=O) groups is 2. The number of carboxylic acid groups (broad SMARTS) is 1. The van der Waals surface area contributed by atoms with Crippen molar-refractivity contribution in [2.45, 2.75) is 84.2 Å². The molecule has 1 amide bonds. The van der Waals surface area contributed by atoms with Gasteiger partial charge in [-0.3, -0.25) is 0 Å². The molecular formula is C22H30BrNO6. The molecule has 1 atom stereocenters. The van der Waals surface area contributed by atoms with Crippen LogP contribution in [-0.4, -0.2) is 34.6 Å². The molecule has 1 heterocycles. The highest BCUT2D eigenvalue weighted by molar-refractivity contribution is 9.10. The molecule has 1 saturated carbocycles. The number of hydrogen-bond donors (Lipinski definition) is 2. The highest BCUT2D eigenvalue weighted by Crippen LogP contribution is 2.50. The number of amides is 1. The summed E-state index contributed by atoms with van der Waals surface area (Å²) in [4.78, 5) is 23.5. The van der Waals surface area contributed by atoms with Crippen molar-refractivity contribution in [3.8, 4) is 11.5 Å². The van der Waals surface area contributed by atoms with E-state index in [2.05, 4.69) is 21.2 Å². The van der Waals surface area contributed by atoms with E-state index in [-0.39, 0.29) is 17.7 Å². The van der Waals surface area contributed by atoms with Crippen LogP contribution in [0, 0.1) is 12.8 Å². The smallest absolute Gasteiger partial charge is 0.407 e. The molecule has 0 bridgehead atoms. The second-order valence-electron chi connectivity index (χ2n) is 9.40. The lowest BCUT2D eigenvalue weighted by atomic mass is 9.82. The second kappa shape index (κ2) is 8.29. The predicted molar refractivity (Wildman–Crippen MR) is 115 cm³/mol. The summed E-state index contributed by atoms with van der Waals surface area (Å²) in [6, 6.07) is 1.67. The Bertz CT molecular complexity index is 841. The van der Waals surface area contributed by atoms with Crippen molar-refractivity contribution in [1.29, 1.82) is 0 Å². The molecule has 2 aliphatic rings. The maximum absolute atomic E-state index is 12.0. The standard InChI is InChI=1S/C22H30BrNO6/c1-12-15(19(25)26)10-16(23)18-17(12)28-22(5,29-18)11-13-6-8-14(9-7-13)24-20(27)30-21(2,3)4/h10,13-14H,6-9,11H2,1-5H3,(H,24,27)(H,25,26)/t13-,14+,22?. The summed E-state index contributed by atoms with van der Waals surface area (Å²) in [6.07, 6.45) is 3.96. The summed E-state index contributed by atoms with van der Waals surface area (Å²) in [7, 11) is 0. The van der Waals surface area contributed by atoms with E-state index in [1.54, 1.807) is 13.0 Å². The van der Waals surface area contributed by atoms with Crippen molar-refractivity contribution in [3.05, 3.63) is 21.7 Å².